The summed E-state index contributed by atoms with van der Waals surface area (Å²) in [6.45, 7) is 1.84. The van der Waals surface area contributed by atoms with Crippen LogP contribution in [-0.2, 0) is 25.6 Å². The van der Waals surface area contributed by atoms with Crippen LogP contribution in [0.2, 0.25) is 0 Å². The lowest BCUT2D eigenvalue weighted by atomic mass is 10.2. The van der Waals surface area contributed by atoms with E-state index in [2.05, 4.69) is 4.99 Å². The number of hydrogen-bond donors (Lipinski definition) is 0. The third-order valence-electron chi connectivity index (χ3n) is 4.74. The molecule has 0 fully saturated rings. The maximum absolute atomic E-state index is 12.6. The first-order valence-corrected chi connectivity index (χ1v) is 11.1. The van der Waals surface area contributed by atoms with E-state index >= 15 is 0 Å². The van der Waals surface area contributed by atoms with Gasteiger partial charge in [-0.3, -0.25) is 9.59 Å². The summed E-state index contributed by atoms with van der Waals surface area (Å²) in [6, 6.07) is 10.2. The summed E-state index contributed by atoms with van der Waals surface area (Å²) in [4.78, 5) is 41.1. The van der Waals surface area contributed by atoms with Gasteiger partial charge in [-0.2, -0.15) is 4.99 Å². The van der Waals surface area contributed by atoms with Crippen LogP contribution in [0.3, 0.4) is 0 Å². The topological polar surface area (TPSA) is 105 Å². The number of rotatable bonds is 8. The summed E-state index contributed by atoms with van der Waals surface area (Å²) in [5.74, 6) is -0.363. The molecule has 0 saturated carbocycles. The van der Waals surface area contributed by atoms with Crippen LogP contribution < -0.4 is 14.3 Å². The second kappa shape index (κ2) is 11.3. The predicted molar refractivity (Wildman–Crippen MR) is 127 cm³/mol. The molecule has 0 radical (unpaired) electrons. The van der Waals surface area contributed by atoms with E-state index in [1.54, 1.807) is 61.1 Å². The van der Waals surface area contributed by atoms with E-state index in [4.69, 9.17) is 18.9 Å². The lowest BCUT2D eigenvalue weighted by Crippen LogP contribution is -2.22. The largest absolute Gasteiger partial charge is 0.493 e. The summed E-state index contributed by atoms with van der Waals surface area (Å²) >= 11 is 1.18. The Morgan fingerprint density at radius 2 is 1.79 bits per heavy atom. The van der Waals surface area contributed by atoms with Crippen molar-refractivity contribution in [2.75, 3.05) is 27.9 Å². The molecule has 34 heavy (non-hydrogen) atoms. The molecule has 0 N–H and O–H groups in total. The molecule has 0 aliphatic rings. The number of esters is 2. The fraction of sp³-hybridized carbons (Fsp3) is 0.250. The van der Waals surface area contributed by atoms with E-state index in [1.165, 1.54) is 31.6 Å². The van der Waals surface area contributed by atoms with Gasteiger partial charge in [-0.1, -0.05) is 17.4 Å². The quantitative estimate of drug-likeness (QED) is 0.357. The maximum Gasteiger partial charge on any atom is 0.338 e. The van der Waals surface area contributed by atoms with Gasteiger partial charge in [0.15, 0.2) is 16.3 Å². The molecular weight excluding hydrogens is 460 g/mol. The van der Waals surface area contributed by atoms with Gasteiger partial charge >= 0.3 is 11.9 Å². The Morgan fingerprint density at radius 3 is 2.47 bits per heavy atom. The zero-order valence-electron chi connectivity index (χ0n) is 19.2. The molecular formula is C24H24N2O7S. The Morgan fingerprint density at radius 1 is 1.03 bits per heavy atom. The second-order valence-corrected chi connectivity index (χ2v) is 7.86. The van der Waals surface area contributed by atoms with Gasteiger partial charge in [0.1, 0.15) is 6.54 Å². The highest BCUT2D eigenvalue weighted by atomic mass is 32.1. The molecule has 9 nitrogen and oxygen atoms in total. The standard InChI is InChI=1S/C24H24N2O7S/c1-5-33-23(29)16-8-9-17-20(13-16)34-24(26(17)14-22(28)32-4)25-21(27)11-7-15-6-10-18(30-2)19(12-15)31-3/h6-13H,5,14H2,1-4H3/b11-7-,25-24?. The smallest absolute Gasteiger partial charge is 0.338 e. The van der Waals surface area contributed by atoms with Crippen LogP contribution in [0.1, 0.15) is 22.8 Å². The zero-order chi connectivity index (χ0) is 24.7. The van der Waals surface area contributed by atoms with Crippen molar-refractivity contribution in [2.45, 2.75) is 13.5 Å². The van der Waals surface area contributed by atoms with Crippen molar-refractivity contribution in [2.24, 2.45) is 4.99 Å². The average Bonchev–Trinajstić information content (AvgIpc) is 3.18. The van der Waals surface area contributed by atoms with Gasteiger partial charge in [-0.05, 0) is 48.9 Å². The Labute approximate surface area is 199 Å². The molecule has 3 aromatic rings. The number of carbonyl (C=O) groups is 3. The van der Waals surface area contributed by atoms with Crippen molar-refractivity contribution in [3.05, 3.63) is 58.4 Å². The van der Waals surface area contributed by atoms with Crippen LogP contribution in [-0.4, -0.2) is 50.3 Å². The van der Waals surface area contributed by atoms with Gasteiger partial charge < -0.3 is 23.5 Å². The monoisotopic (exact) mass is 484 g/mol. The van der Waals surface area contributed by atoms with E-state index < -0.39 is 17.8 Å². The molecule has 0 atom stereocenters. The molecule has 0 bridgehead atoms. The molecule has 2 aromatic carbocycles. The van der Waals surface area contributed by atoms with E-state index in [-0.39, 0.29) is 13.2 Å². The van der Waals surface area contributed by atoms with Gasteiger partial charge in [0.25, 0.3) is 5.91 Å². The molecule has 10 heteroatoms. The normalized spacial score (nSPS) is 11.6. The average molecular weight is 485 g/mol. The van der Waals surface area contributed by atoms with Crippen LogP contribution in [0.4, 0.5) is 0 Å². The number of thiazole rings is 1. The molecule has 1 aromatic heterocycles. The van der Waals surface area contributed by atoms with E-state index in [0.29, 0.717) is 32.1 Å². The van der Waals surface area contributed by atoms with Crippen LogP contribution in [0.15, 0.2) is 47.5 Å². The lowest BCUT2D eigenvalue weighted by molar-refractivity contribution is -0.141. The first-order valence-electron chi connectivity index (χ1n) is 10.3. The van der Waals surface area contributed by atoms with Crippen LogP contribution in [0, 0.1) is 0 Å². The van der Waals surface area contributed by atoms with Gasteiger partial charge in [-0.15, -0.1) is 0 Å². The summed E-state index contributed by atoms with van der Waals surface area (Å²) in [5, 5.41) is 0. The minimum Gasteiger partial charge on any atom is -0.493 e. The predicted octanol–water partition coefficient (Wildman–Crippen LogP) is 3.21. The third kappa shape index (κ3) is 5.70. The second-order valence-electron chi connectivity index (χ2n) is 6.85. The van der Waals surface area contributed by atoms with E-state index in [9.17, 15) is 14.4 Å². The summed E-state index contributed by atoms with van der Waals surface area (Å²) < 4.78 is 22.6. The van der Waals surface area contributed by atoms with E-state index in [0.717, 1.165) is 5.56 Å². The zero-order valence-corrected chi connectivity index (χ0v) is 20.0. The fourth-order valence-corrected chi connectivity index (χ4v) is 4.18. The van der Waals surface area contributed by atoms with Gasteiger partial charge in [0.2, 0.25) is 0 Å². The van der Waals surface area contributed by atoms with Crippen molar-refractivity contribution in [3.8, 4) is 11.5 Å². The van der Waals surface area contributed by atoms with Crippen molar-refractivity contribution in [1.29, 1.82) is 0 Å². The molecule has 0 aliphatic heterocycles. The number of aromatic nitrogens is 1. The summed E-state index contributed by atoms with van der Waals surface area (Å²) in [6.07, 6.45) is 2.92. The Kier molecular flexibility index (Phi) is 8.20. The van der Waals surface area contributed by atoms with Gasteiger partial charge in [0, 0.05) is 6.08 Å². The molecule has 3 rings (SSSR count). The molecule has 0 unspecified atom stereocenters. The van der Waals surface area contributed by atoms with Crippen molar-refractivity contribution in [3.63, 3.8) is 0 Å². The number of methoxy groups -OCH3 is 3. The molecule has 0 spiro atoms. The maximum atomic E-state index is 12.6. The summed E-state index contributed by atoms with van der Waals surface area (Å²) in [7, 11) is 4.35. The number of hydrogen-bond acceptors (Lipinski definition) is 8. The number of benzene rings is 2. The first-order chi connectivity index (χ1) is 16.4. The van der Waals surface area contributed by atoms with Crippen LogP contribution in [0.5, 0.6) is 11.5 Å². The number of fused-ring (bicyclic) bond motifs is 1. The Hall–Kier alpha value is -3.92. The van der Waals surface area contributed by atoms with Crippen LogP contribution >= 0.6 is 11.3 Å². The lowest BCUT2D eigenvalue weighted by Gasteiger charge is -2.07. The van der Waals surface area contributed by atoms with Crippen molar-refractivity contribution in [1.82, 2.24) is 4.57 Å². The Balaban J connectivity index is 1.98. The summed E-state index contributed by atoms with van der Waals surface area (Å²) in [5.41, 5.74) is 1.73. The number of ether oxygens (including phenoxy) is 4. The van der Waals surface area contributed by atoms with Crippen LogP contribution in [0.25, 0.3) is 16.3 Å². The highest BCUT2D eigenvalue weighted by Crippen LogP contribution is 2.28. The highest BCUT2D eigenvalue weighted by Gasteiger charge is 2.14. The molecule has 0 saturated heterocycles. The fourth-order valence-electron chi connectivity index (χ4n) is 3.10. The highest BCUT2D eigenvalue weighted by molar-refractivity contribution is 7.16. The number of carbonyl (C=O) groups excluding carboxylic acids is 3. The number of amides is 1. The molecule has 1 heterocycles. The molecule has 0 aliphatic carbocycles. The van der Waals surface area contributed by atoms with E-state index in [1.807, 2.05) is 0 Å². The van der Waals surface area contributed by atoms with Gasteiger partial charge in [-0.25, -0.2) is 4.79 Å². The third-order valence-corrected chi connectivity index (χ3v) is 5.78. The van der Waals surface area contributed by atoms with Gasteiger partial charge in [0.05, 0.1) is 43.7 Å². The number of nitrogens with zero attached hydrogens (tertiary/aromatic N) is 2. The first kappa shape index (κ1) is 24.7. The minimum atomic E-state index is -0.523. The Bertz CT molecular complexity index is 1320. The van der Waals surface area contributed by atoms with Crippen molar-refractivity contribution >= 4 is 45.5 Å². The molecule has 1 amide bonds. The van der Waals surface area contributed by atoms with Crippen molar-refractivity contribution < 1.29 is 33.3 Å². The SMILES string of the molecule is CCOC(=O)c1ccc2c(c1)sc(=NC(=O)/C=C\c1ccc(OC)c(OC)c1)n2CC(=O)OC. The minimum absolute atomic E-state index is 0.138. The molecule has 178 valence electrons.